The average Bonchev–Trinajstić information content (AvgIpc) is 3.24. The second-order valence-electron chi connectivity index (χ2n) is 7.88. The monoisotopic (exact) mass is 420 g/mol. The van der Waals surface area contributed by atoms with Crippen LogP contribution >= 0.6 is 0 Å². The van der Waals surface area contributed by atoms with Gasteiger partial charge in [0, 0.05) is 17.2 Å². The summed E-state index contributed by atoms with van der Waals surface area (Å²) in [6, 6.07) is 15.6. The third-order valence-corrected chi connectivity index (χ3v) is 5.49. The Kier molecular flexibility index (Phi) is 6.62. The number of nitrogens with zero attached hydrogens (tertiary/aromatic N) is 3. The molecule has 1 aliphatic rings. The molecular weight excluding hydrogens is 392 g/mol. The molecule has 31 heavy (non-hydrogen) atoms. The first kappa shape index (κ1) is 21.1. The zero-order valence-electron chi connectivity index (χ0n) is 18.0. The van der Waals surface area contributed by atoms with Gasteiger partial charge in [-0.1, -0.05) is 28.9 Å². The Hall–Kier alpha value is -3.19. The van der Waals surface area contributed by atoms with Gasteiger partial charge in [0.2, 0.25) is 17.6 Å². The molecule has 4 rings (SSSR count). The highest BCUT2D eigenvalue weighted by Gasteiger charge is 2.26. The van der Waals surface area contributed by atoms with Gasteiger partial charge in [0.05, 0.1) is 13.2 Å². The third kappa shape index (κ3) is 5.49. The molecule has 3 aromatic rings. The Labute approximate surface area is 182 Å². The zero-order chi connectivity index (χ0) is 21.6. The first-order valence-electron chi connectivity index (χ1n) is 10.8. The largest absolute Gasteiger partial charge is 0.494 e. The van der Waals surface area contributed by atoms with E-state index in [1.165, 1.54) is 0 Å². The fraction of sp³-hybridized carbons (Fsp3) is 0.375. The van der Waals surface area contributed by atoms with Crippen molar-refractivity contribution in [2.45, 2.75) is 33.2 Å². The molecule has 1 aliphatic heterocycles. The van der Waals surface area contributed by atoms with Gasteiger partial charge in [-0.05, 0) is 70.1 Å². The van der Waals surface area contributed by atoms with Gasteiger partial charge < -0.3 is 14.6 Å². The first-order valence-corrected chi connectivity index (χ1v) is 10.8. The Morgan fingerprint density at radius 3 is 2.68 bits per heavy atom. The van der Waals surface area contributed by atoms with Crippen molar-refractivity contribution in [1.82, 2.24) is 15.0 Å². The Balaban J connectivity index is 1.26. The van der Waals surface area contributed by atoms with Gasteiger partial charge in [0.15, 0.2) is 0 Å². The van der Waals surface area contributed by atoms with Crippen LogP contribution < -0.4 is 10.1 Å². The van der Waals surface area contributed by atoms with Crippen LogP contribution in [0.15, 0.2) is 53.1 Å². The van der Waals surface area contributed by atoms with E-state index < -0.39 is 0 Å². The van der Waals surface area contributed by atoms with Crippen LogP contribution in [0.3, 0.4) is 0 Å². The highest BCUT2D eigenvalue weighted by molar-refractivity contribution is 5.92. The third-order valence-electron chi connectivity index (χ3n) is 5.49. The van der Waals surface area contributed by atoms with E-state index >= 15 is 0 Å². The minimum absolute atomic E-state index is 0.00774. The molecule has 2 heterocycles. The Bertz CT molecular complexity index is 1010. The summed E-state index contributed by atoms with van der Waals surface area (Å²) in [7, 11) is 0. The van der Waals surface area contributed by atoms with Gasteiger partial charge in [0.1, 0.15) is 5.75 Å². The van der Waals surface area contributed by atoms with Gasteiger partial charge >= 0.3 is 0 Å². The number of anilines is 1. The molecule has 0 bridgehead atoms. The molecule has 1 N–H and O–H groups in total. The molecule has 1 saturated heterocycles. The lowest BCUT2D eigenvalue weighted by Crippen LogP contribution is -2.37. The molecular formula is C24H28N4O3. The molecule has 1 fully saturated rings. The molecule has 7 nitrogen and oxygen atoms in total. The maximum Gasteiger partial charge on any atom is 0.241 e. The summed E-state index contributed by atoms with van der Waals surface area (Å²) >= 11 is 0. The number of carbonyl (C=O) groups is 1. The predicted octanol–water partition coefficient (Wildman–Crippen LogP) is 4.29. The zero-order valence-corrected chi connectivity index (χ0v) is 18.0. The summed E-state index contributed by atoms with van der Waals surface area (Å²) in [5.74, 6) is 2.11. The van der Waals surface area contributed by atoms with Crippen LogP contribution in [0, 0.1) is 12.8 Å². The summed E-state index contributed by atoms with van der Waals surface area (Å²) in [5, 5.41) is 7.13. The number of likely N-dealkylation sites (tertiary alicyclic amines) is 1. The lowest BCUT2D eigenvalue weighted by atomic mass is 9.96. The van der Waals surface area contributed by atoms with Gasteiger partial charge in [0.25, 0.3) is 0 Å². The smallest absolute Gasteiger partial charge is 0.241 e. The normalized spacial score (nSPS) is 15.0. The van der Waals surface area contributed by atoms with Crippen molar-refractivity contribution >= 4 is 11.6 Å². The van der Waals surface area contributed by atoms with Crippen LogP contribution in [-0.4, -0.2) is 40.6 Å². The number of ether oxygens (including phenoxy) is 1. The van der Waals surface area contributed by atoms with Crippen molar-refractivity contribution in [3.63, 3.8) is 0 Å². The SMILES string of the molecule is CCOc1ccc(NC(=O)C2CCN(Cc3nc(-c4cccc(C)c4)no3)CC2)cc1. The number of aromatic nitrogens is 2. The molecule has 7 heteroatoms. The van der Waals surface area contributed by atoms with E-state index in [0.717, 1.165) is 48.5 Å². The fourth-order valence-electron chi connectivity index (χ4n) is 3.81. The van der Waals surface area contributed by atoms with Gasteiger partial charge in [-0.25, -0.2) is 0 Å². The maximum absolute atomic E-state index is 12.6. The van der Waals surface area contributed by atoms with Crippen molar-refractivity contribution in [3.05, 3.63) is 60.0 Å². The maximum atomic E-state index is 12.6. The molecule has 2 aromatic carbocycles. The number of piperidine rings is 1. The van der Waals surface area contributed by atoms with Crippen molar-refractivity contribution in [3.8, 4) is 17.1 Å². The van der Waals surface area contributed by atoms with Crippen LogP contribution in [-0.2, 0) is 11.3 Å². The minimum atomic E-state index is 0.00774. The van der Waals surface area contributed by atoms with E-state index in [4.69, 9.17) is 9.26 Å². The number of hydrogen-bond acceptors (Lipinski definition) is 6. The van der Waals surface area contributed by atoms with Crippen LogP contribution in [0.5, 0.6) is 5.75 Å². The summed E-state index contributed by atoms with van der Waals surface area (Å²) < 4.78 is 10.9. The lowest BCUT2D eigenvalue weighted by Gasteiger charge is -2.30. The molecule has 0 atom stereocenters. The molecule has 162 valence electrons. The highest BCUT2D eigenvalue weighted by atomic mass is 16.5. The minimum Gasteiger partial charge on any atom is -0.494 e. The number of nitrogens with one attached hydrogen (secondary N) is 1. The van der Waals surface area contributed by atoms with E-state index in [0.29, 0.717) is 24.9 Å². The molecule has 1 aromatic heterocycles. The number of benzene rings is 2. The van der Waals surface area contributed by atoms with Gasteiger partial charge in [-0.3, -0.25) is 9.69 Å². The first-order chi connectivity index (χ1) is 15.1. The average molecular weight is 421 g/mol. The molecule has 1 amide bonds. The predicted molar refractivity (Wildman–Crippen MR) is 119 cm³/mol. The van der Waals surface area contributed by atoms with Crippen molar-refractivity contribution < 1.29 is 14.1 Å². The van der Waals surface area contributed by atoms with E-state index in [9.17, 15) is 4.79 Å². The molecule has 0 aliphatic carbocycles. The molecule has 0 spiro atoms. The van der Waals surface area contributed by atoms with E-state index in [-0.39, 0.29) is 11.8 Å². The summed E-state index contributed by atoms with van der Waals surface area (Å²) in [4.78, 5) is 19.4. The quantitative estimate of drug-likeness (QED) is 0.614. The number of rotatable bonds is 7. The summed E-state index contributed by atoms with van der Waals surface area (Å²) in [6.07, 6.45) is 1.61. The Morgan fingerprint density at radius 2 is 1.97 bits per heavy atom. The molecule has 0 radical (unpaired) electrons. The standard InChI is InChI=1S/C24H28N4O3/c1-3-30-21-9-7-20(8-10-21)25-24(29)18-11-13-28(14-12-18)16-22-26-23(27-31-22)19-6-4-5-17(2)15-19/h4-10,15,18H,3,11-14,16H2,1-2H3,(H,25,29). The summed E-state index contributed by atoms with van der Waals surface area (Å²) in [5.41, 5.74) is 2.92. The van der Waals surface area contributed by atoms with Crippen LogP contribution in [0.25, 0.3) is 11.4 Å². The van der Waals surface area contributed by atoms with Crippen LogP contribution in [0.2, 0.25) is 0 Å². The lowest BCUT2D eigenvalue weighted by molar-refractivity contribution is -0.121. The van der Waals surface area contributed by atoms with Crippen molar-refractivity contribution in [1.29, 1.82) is 0 Å². The second-order valence-corrected chi connectivity index (χ2v) is 7.88. The number of carbonyl (C=O) groups excluding carboxylic acids is 1. The number of hydrogen-bond donors (Lipinski definition) is 1. The number of aryl methyl sites for hydroxylation is 1. The van der Waals surface area contributed by atoms with Crippen LogP contribution in [0.1, 0.15) is 31.2 Å². The molecule has 0 unspecified atom stereocenters. The van der Waals surface area contributed by atoms with E-state index in [1.807, 2.05) is 62.4 Å². The molecule has 0 saturated carbocycles. The van der Waals surface area contributed by atoms with E-state index in [1.54, 1.807) is 0 Å². The van der Waals surface area contributed by atoms with Gasteiger partial charge in [-0.15, -0.1) is 0 Å². The van der Waals surface area contributed by atoms with Crippen LogP contribution in [0.4, 0.5) is 5.69 Å². The fourth-order valence-corrected chi connectivity index (χ4v) is 3.81. The number of amides is 1. The van der Waals surface area contributed by atoms with Crippen molar-refractivity contribution in [2.75, 3.05) is 25.0 Å². The second kappa shape index (κ2) is 9.75. The topological polar surface area (TPSA) is 80.5 Å². The summed E-state index contributed by atoms with van der Waals surface area (Å²) in [6.45, 7) is 6.87. The Morgan fingerprint density at radius 1 is 1.19 bits per heavy atom. The van der Waals surface area contributed by atoms with Gasteiger partial charge in [-0.2, -0.15) is 4.98 Å². The van der Waals surface area contributed by atoms with E-state index in [2.05, 4.69) is 20.4 Å². The van der Waals surface area contributed by atoms with Crippen molar-refractivity contribution in [2.24, 2.45) is 5.92 Å². The highest BCUT2D eigenvalue weighted by Crippen LogP contribution is 2.23.